The number of hydrogen-bond donors (Lipinski definition) is 2. The quantitative estimate of drug-likeness (QED) is 0.159. The molecule has 0 radical (unpaired) electrons. The lowest BCUT2D eigenvalue weighted by Crippen LogP contribution is -2.14. The van der Waals surface area contributed by atoms with Gasteiger partial charge in [0.1, 0.15) is 5.69 Å². The highest BCUT2D eigenvalue weighted by molar-refractivity contribution is 6.01. The number of alkyl halides is 3. The monoisotopic (exact) mass is 504 g/mol. The van der Waals surface area contributed by atoms with E-state index >= 15 is 0 Å². The highest BCUT2D eigenvalue weighted by atomic mass is 19.4. The highest BCUT2D eigenvalue weighted by Gasteiger charge is 2.33. The van der Waals surface area contributed by atoms with Crippen molar-refractivity contribution in [1.29, 1.82) is 0 Å². The summed E-state index contributed by atoms with van der Waals surface area (Å²) in [6, 6.07) is 24.1. The van der Waals surface area contributed by atoms with E-state index in [0.717, 1.165) is 40.1 Å². The molecule has 37 heavy (non-hydrogen) atoms. The van der Waals surface area contributed by atoms with Gasteiger partial charge >= 0.3 is 12.1 Å². The predicted molar refractivity (Wildman–Crippen MR) is 134 cm³/mol. The van der Waals surface area contributed by atoms with Crippen molar-refractivity contribution in [3.05, 3.63) is 125 Å². The van der Waals surface area contributed by atoms with Crippen molar-refractivity contribution in [1.82, 2.24) is 4.98 Å². The van der Waals surface area contributed by atoms with Gasteiger partial charge in [0.15, 0.2) is 0 Å². The van der Waals surface area contributed by atoms with E-state index in [1.807, 2.05) is 55.5 Å². The van der Waals surface area contributed by atoms with Crippen LogP contribution in [-0.4, -0.2) is 27.0 Å². The lowest BCUT2D eigenvalue weighted by molar-refractivity contribution is -0.141. The molecule has 0 saturated heterocycles. The normalized spacial score (nSPS) is 12.8. The molecule has 1 aromatic heterocycles. The van der Waals surface area contributed by atoms with E-state index in [1.165, 1.54) is 18.2 Å². The number of nitrogens with zero attached hydrogens (tertiary/aromatic N) is 2. The predicted octanol–water partition coefficient (Wildman–Crippen LogP) is 7.17. The first-order valence-corrected chi connectivity index (χ1v) is 11.4. The zero-order valence-electron chi connectivity index (χ0n) is 19.8. The van der Waals surface area contributed by atoms with Gasteiger partial charge in [0.05, 0.1) is 11.3 Å². The first kappa shape index (κ1) is 25.6. The number of aromatic carboxylic acids is 1. The minimum absolute atomic E-state index is 0.106. The van der Waals surface area contributed by atoms with E-state index in [0.29, 0.717) is 0 Å². The van der Waals surface area contributed by atoms with Gasteiger partial charge in [-0.15, -0.1) is 0 Å². The lowest BCUT2D eigenvalue weighted by atomic mass is 9.83. The van der Waals surface area contributed by atoms with Crippen LogP contribution in [0.25, 0.3) is 11.1 Å². The fourth-order valence-corrected chi connectivity index (χ4v) is 4.27. The van der Waals surface area contributed by atoms with E-state index < -0.39 is 17.8 Å². The number of benzene rings is 3. The zero-order chi connectivity index (χ0) is 26.6. The Morgan fingerprint density at radius 3 is 2.11 bits per heavy atom. The number of aryl methyl sites for hydroxylation is 1. The summed E-state index contributed by atoms with van der Waals surface area (Å²) in [5.41, 5.74) is 3.93. The van der Waals surface area contributed by atoms with Gasteiger partial charge in [-0.1, -0.05) is 65.8 Å². The molecule has 1 atom stereocenters. The first-order chi connectivity index (χ1) is 17.7. The van der Waals surface area contributed by atoms with Crippen LogP contribution in [-0.2, 0) is 6.18 Å². The van der Waals surface area contributed by atoms with Gasteiger partial charge in [-0.3, -0.25) is 4.98 Å². The van der Waals surface area contributed by atoms with Crippen LogP contribution in [0.3, 0.4) is 0 Å². The Balaban J connectivity index is 1.70. The molecule has 0 spiro atoms. The fraction of sp³-hybridized carbons (Fsp3) is 0.138. The summed E-state index contributed by atoms with van der Waals surface area (Å²) in [6.45, 7) is 1.95. The van der Waals surface area contributed by atoms with Crippen LogP contribution < -0.4 is 0 Å². The number of carboxylic acid groups (broad SMARTS) is 1. The van der Waals surface area contributed by atoms with E-state index in [4.69, 9.17) is 5.11 Å². The van der Waals surface area contributed by atoms with Crippen LogP contribution in [0.15, 0.2) is 96.3 Å². The smallest absolute Gasteiger partial charge is 0.433 e. The molecule has 0 amide bonds. The van der Waals surface area contributed by atoms with Crippen LogP contribution >= 0.6 is 0 Å². The second-order valence-electron chi connectivity index (χ2n) is 8.59. The van der Waals surface area contributed by atoms with E-state index in [2.05, 4.69) is 10.1 Å². The number of oxime groups is 1. The summed E-state index contributed by atoms with van der Waals surface area (Å²) >= 11 is 0. The maximum absolute atomic E-state index is 13.2. The number of halogens is 3. The number of pyridine rings is 1. The van der Waals surface area contributed by atoms with Crippen LogP contribution in [0.2, 0.25) is 0 Å². The SMILES string of the molecule is Cc1ccccc1[C@H](C/C(=N\O)c1ccnc(C(F)(F)F)c1)c1ccc(-c2ccc(C(=O)O)cc2)cc1. The minimum Gasteiger partial charge on any atom is -0.478 e. The van der Waals surface area contributed by atoms with Crippen LogP contribution in [0.1, 0.15) is 50.6 Å². The van der Waals surface area contributed by atoms with Crippen LogP contribution in [0, 0.1) is 6.92 Å². The summed E-state index contributed by atoms with van der Waals surface area (Å²) in [5, 5.41) is 22.3. The molecule has 0 aliphatic rings. The Bertz CT molecular complexity index is 1430. The molecule has 4 aromatic rings. The van der Waals surface area contributed by atoms with Gasteiger partial charge in [-0.05, 0) is 59.0 Å². The number of aromatic nitrogens is 1. The summed E-state index contributed by atoms with van der Waals surface area (Å²) in [6.07, 6.45) is -3.42. The molecule has 4 rings (SSSR count). The molecule has 3 aromatic carbocycles. The van der Waals surface area contributed by atoms with Gasteiger partial charge in [0, 0.05) is 24.1 Å². The Kier molecular flexibility index (Phi) is 7.38. The third-order valence-electron chi connectivity index (χ3n) is 6.24. The lowest BCUT2D eigenvalue weighted by Gasteiger charge is -2.21. The van der Waals surface area contributed by atoms with Crippen LogP contribution in [0.5, 0.6) is 0 Å². The summed E-state index contributed by atoms with van der Waals surface area (Å²) in [7, 11) is 0. The summed E-state index contributed by atoms with van der Waals surface area (Å²) < 4.78 is 39.7. The third-order valence-corrected chi connectivity index (χ3v) is 6.24. The van der Waals surface area contributed by atoms with E-state index in [1.54, 1.807) is 12.1 Å². The van der Waals surface area contributed by atoms with Crippen molar-refractivity contribution in [2.45, 2.75) is 25.4 Å². The van der Waals surface area contributed by atoms with Crippen molar-refractivity contribution in [2.24, 2.45) is 5.16 Å². The molecule has 2 N–H and O–H groups in total. The van der Waals surface area contributed by atoms with Gasteiger partial charge in [-0.2, -0.15) is 13.2 Å². The highest BCUT2D eigenvalue weighted by Crippen LogP contribution is 2.34. The average Bonchev–Trinajstić information content (AvgIpc) is 2.90. The molecule has 0 saturated carbocycles. The Morgan fingerprint density at radius 2 is 1.54 bits per heavy atom. The molecule has 188 valence electrons. The fourth-order valence-electron chi connectivity index (χ4n) is 4.27. The average molecular weight is 505 g/mol. The van der Waals surface area contributed by atoms with Gasteiger partial charge in [0.2, 0.25) is 0 Å². The topological polar surface area (TPSA) is 82.8 Å². The van der Waals surface area contributed by atoms with Crippen molar-refractivity contribution in [3.8, 4) is 11.1 Å². The molecular weight excluding hydrogens is 481 g/mol. The van der Waals surface area contributed by atoms with Gasteiger partial charge in [-0.25, -0.2) is 4.79 Å². The Labute approximate surface area is 211 Å². The van der Waals surface area contributed by atoms with Gasteiger partial charge < -0.3 is 10.3 Å². The first-order valence-electron chi connectivity index (χ1n) is 11.4. The van der Waals surface area contributed by atoms with Crippen molar-refractivity contribution < 1.29 is 28.3 Å². The molecular formula is C29H23F3N2O3. The molecule has 5 nitrogen and oxygen atoms in total. The zero-order valence-corrected chi connectivity index (χ0v) is 19.8. The van der Waals surface area contributed by atoms with E-state index in [9.17, 15) is 23.2 Å². The van der Waals surface area contributed by atoms with E-state index in [-0.39, 0.29) is 29.2 Å². The minimum atomic E-state index is -4.62. The molecule has 0 bridgehead atoms. The number of carboxylic acids is 1. The summed E-state index contributed by atoms with van der Waals surface area (Å²) in [5.74, 6) is -1.31. The van der Waals surface area contributed by atoms with Crippen molar-refractivity contribution in [3.63, 3.8) is 0 Å². The standard InChI is InChI=1S/C29H23F3N2O3/c1-18-4-2-3-5-24(18)25(17-26(34-37)23-14-15-33-27(16-23)29(30,31)32)21-10-6-19(7-11-21)20-8-12-22(13-9-20)28(35)36/h2-16,25,37H,17H2,1H3,(H,35,36)/b34-26+/t25-/m1/s1. The molecule has 0 aliphatic heterocycles. The molecule has 0 fully saturated rings. The van der Waals surface area contributed by atoms with Crippen LogP contribution in [0.4, 0.5) is 13.2 Å². The molecule has 8 heteroatoms. The molecule has 0 unspecified atom stereocenters. The third kappa shape index (κ3) is 5.86. The number of carbonyl (C=O) groups is 1. The maximum atomic E-state index is 13.2. The Morgan fingerprint density at radius 1 is 0.919 bits per heavy atom. The maximum Gasteiger partial charge on any atom is 0.433 e. The number of rotatable bonds is 7. The largest absolute Gasteiger partial charge is 0.478 e. The second kappa shape index (κ2) is 10.7. The van der Waals surface area contributed by atoms with Crippen molar-refractivity contribution in [2.75, 3.05) is 0 Å². The van der Waals surface area contributed by atoms with Crippen molar-refractivity contribution >= 4 is 11.7 Å². The Hall–Kier alpha value is -4.46. The molecule has 0 aliphatic carbocycles. The second-order valence-corrected chi connectivity index (χ2v) is 8.59. The van der Waals surface area contributed by atoms with Gasteiger partial charge in [0.25, 0.3) is 0 Å². The summed E-state index contributed by atoms with van der Waals surface area (Å²) in [4.78, 5) is 14.5. The number of hydrogen-bond acceptors (Lipinski definition) is 4. The molecule has 1 heterocycles.